The van der Waals surface area contributed by atoms with Crippen molar-refractivity contribution in [3.63, 3.8) is 0 Å². The van der Waals surface area contributed by atoms with E-state index in [-0.39, 0.29) is 18.7 Å². The lowest BCUT2D eigenvalue weighted by molar-refractivity contribution is -0.137. The molecule has 0 radical (unpaired) electrons. The Balaban J connectivity index is 2.63. The van der Waals surface area contributed by atoms with Gasteiger partial charge < -0.3 is 10.5 Å². The van der Waals surface area contributed by atoms with Crippen LogP contribution in [0, 0.1) is 11.5 Å². The quantitative estimate of drug-likeness (QED) is 0.575. The minimum Gasteiger partial charge on any atom is -0.481 e. The van der Waals surface area contributed by atoms with Gasteiger partial charge in [-0.2, -0.15) is 13.2 Å². The molecule has 0 aliphatic heterocycles. The highest BCUT2D eigenvalue weighted by Crippen LogP contribution is 2.36. The number of pyridine rings is 1. The molecule has 2 N–H and O–H groups in total. The van der Waals surface area contributed by atoms with Crippen molar-refractivity contribution < 1.29 is 22.7 Å². The van der Waals surface area contributed by atoms with E-state index in [1.54, 1.807) is 12.3 Å². The lowest BCUT2D eigenvalue weighted by Gasteiger charge is -2.15. The summed E-state index contributed by atoms with van der Waals surface area (Å²) in [6.45, 7) is 6.32. The van der Waals surface area contributed by atoms with Crippen molar-refractivity contribution in [3.8, 4) is 28.5 Å². The van der Waals surface area contributed by atoms with Crippen molar-refractivity contribution in [1.29, 1.82) is 0 Å². The minimum atomic E-state index is -4.49. The second-order valence-electron chi connectivity index (χ2n) is 7.62. The van der Waals surface area contributed by atoms with Gasteiger partial charge in [0.05, 0.1) is 12.7 Å². The molecule has 0 saturated heterocycles. The van der Waals surface area contributed by atoms with Crippen LogP contribution >= 0.6 is 0 Å². The third kappa shape index (κ3) is 6.36. The summed E-state index contributed by atoms with van der Waals surface area (Å²) in [5, 5.41) is 0. The van der Waals surface area contributed by atoms with Crippen molar-refractivity contribution in [2.24, 2.45) is 5.73 Å². The zero-order valence-corrected chi connectivity index (χ0v) is 17.8. The van der Waals surface area contributed by atoms with E-state index < -0.39 is 25.7 Å². The number of hydrogen-bond donors (Lipinski definition) is 1. The molecule has 0 unspecified atom stereocenters. The molecule has 2 rings (SSSR count). The van der Waals surface area contributed by atoms with Gasteiger partial charge in [-0.25, -0.2) is 4.98 Å². The van der Waals surface area contributed by atoms with Gasteiger partial charge in [0.2, 0.25) is 11.8 Å². The van der Waals surface area contributed by atoms with Gasteiger partial charge in [0.25, 0.3) is 0 Å². The maximum Gasteiger partial charge on any atom is 0.416 e. The van der Waals surface area contributed by atoms with E-state index >= 15 is 0 Å². The summed E-state index contributed by atoms with van der Waals surface area (Å²) in [5.41, 5.74) is 9.65. The van der Waals surface area contributed by atoms with Crippen LogP contribution in [0.15, 0.2) is 30.5 Å². The molecule has 2 aromatic rings. The number of aromatic nitrogens is 1. The number of carbonyl (C=O) groups is 1. The van der Waals surface area contributed by atoms with Gasteiger partial charge in [0, 0.05) is 23.7 Å². The van der Waals surface area contributed by atoms with Crippen LogP contribution in [0.25, 0.3) is 11.1 Å². The van der Waals surface area contributed by atoms with E-state index in [9.17, 15) is 18.0 Å². The number of primary amides is 1. The molecule has 0 fully saturated rings. The fourth-order valence-corrected chi connectivity index (χ4v) is 3.15. The molecule has 154 valence electrons. The maximum atomic E-state index is 13.2. The van der Waals surface area contributed by atoms with Crippen molar-refractivity contribution >= 4 is 14.0 Å². The summed E-state index contributed by atoms with van der Waals surface area (Å²) in [6, 6.07) is 5.16. The van der Waals surface area contributed by atoms with Crippen LogP contribution in [0.1, 0.15) is 23.1 Å². The van der Waals surface area contributed by atoms with E-state index in [0.29, 0.717) is 22.3 Å². The van der Waals surface area contributed by atoms with Gasteiger partial charge >= 0.3 is 6.18 Å². The summed E-state index contributed by atoms with van der Waals surface area (Å²) >= 11 is 0. The number of hydrogen-bond acceptors (Lipinski definition) is 3. The van der Waals surface area contributed by atoms with Crippen molar-refractivity contribution in [2.75, 3.05) is 7.11 Å². The van der Waals surface area contributed by atoms with Crippen LogP contribution in [-0.4, -0.2) is 26.1 Å². The number of rotatable bonds is 5. The average Bonchev–Trinajstić information content (AvgIpc) is 2.63. The summed E-state index contributed by atoms with van der Waals surface area (Å²) in [6.07, 6.45) is -2.92. The van der Waals surface area contributed by atoms with E-state index in [2.05, 4.69) is 36.1 Å². The first-order valence-electron chi connectivity index (χ1n) is 8.97. The van der Waals surface area contributed by atoms with Crippen molar-refractivity contribution in [1.82, 2.24) is 4.98 Å². The molecule has 0 aliphatic carbocycles. The Bertz CT molecular complexity index is 971. The third-order valence-electron chi connectivity index (χ3n) is 3.99. The zero-order valence-electron chi connectivity index (χ0n) is 16.8. The van der Waals surface area contributed by atoms with Crippen LogP contribution in [-0.2, 0) is 17.4 Å². The Kier molecular flexibility index (Phi) is 6.75. The molecule has 29 heavy (non-hydrogen) atoms. The lowest BCUT2D eigenvalue weighted by Crippen LogP contribution is -2.16. The number of carbonyl (C=O) groups excluding carboxylic acids is 1. The van der Waals surface area contributed by atoms with Gasteiger partial charge in [0.15, 0.2) is 0 Å². The molecule has 1 aromatic heterocycles. The maximum absolute atomic E-state index is 13.2. The number of nitrogens with zero attached hydrogens (tertiary/aromatic N) is 1. The van der Waals surface area contributed by atoms with E-state index in [4.69, 9.17) is 10.5 Å². The fraction of sp³-hybridized carbons (Fsp3) is 0.333. The number of aryl methyl sites for hydroxylation is 1. The molecule has 0 spiro atoms. The van der Waals surface area contributed by atoms with Crippen LogP contribution in [0.4, 0.5) is 13.2 Å². The standard InChI is InChI=1S/C21H23F3N2O2Si/c1-28-20-18(11-14(13-26-20)9-10-29(2,3)4)17-7-6-16(21(22,23)24)12-15(17)5-8-19(25)27/h6-7,11-13H,5,8H2,1-4H3,(H2,25,27). The van der Waals surface area contributed by atoms with Crippen LogP contribution in [0.3, 0.4) is 0 Å². The van der Waals surface area contributed by atoms with Crippen LogP contribution in [0.5, 0.6) is 5.88 Å². The third-order valence-corrected chi connectivity index (χ3v) is 4.86. The predicted molar refractivity (Wildman–Crippen MR) is 109 cm³/mol. The monoisotopic (exact) mass is 420 g/mol. The fourth-order valence-electron chi connectivity index (χ4n) is 2.63. The molecule has 8 heteroatoms. The Morgan fingerprint density at radius 2 is 1.90 bits per heavy atom. The van der Waals surface area contributed by atoms with Crippen LogP contribution < -0.4 is 10.5 Å². The normalized spacial score (nSPS) is 11.6. The summed E-state index contributed by atoms with van der Waals surface area (Å²) in [5.74, 6) is 2.77. The molecule has 0 saturated carbocycles. The highest BCUT2D eigenvalue weighted by Gasteiger charge is 2.31. The highest BCUT2D eigenvalue weighted by molar-refractivity contribution is 6.83. The molecular formula is C21H23F3N2O2Si. The first-order valence-corrected chi connectivity index (χ1v) is 12.5. The topological polar surface area (TPSA) is 65.2 Å². The highest BCUT2D eigenvalue weighted by atomic mass is 28.3. The molecule has 4 nitrogen and oxygen atoms in total. The largest absolute Gasteiger partial charge is 0.481 e. The zero-order chi connectivity index (χ0) is 21.8. The van der Waals surface area contributed by atoms with Crippen LogP contribution in [0.2, 0.25) is 19.6 Å². The second-order valence-corrected chi connectivity index (χ2v) is 12.4. The summed E-state index contributed by atoms with van der Waals surface area (Å²) < 4.78 is 44.9. The number of benzene rings is 1. The van der Waals surface area contributed by atoms with Gasteiger partial charge in [-0.15, -0.1) is 5.54 Å². The second kappa shape index (κ2) is 8.70. The summed E-state index contributed by atoms with van der Waals surface area (Å²) in [7, 11) is -0.183. The average molecular weight is 421 g/mol. The molecule has 1 heterocycles. The van der Waals surface area contributed by atoms with Gasteiger partial charge in [0.1, 0.15) is 8.07 Å². The summed E-state index contributed by atoms with van der Waals surface area (Å²) in [4.78, 5) is 15.5. The van der Waals surface area contributed by atoms with Crippen molar-refractivity contribution in [2.45, 2.75) is 38.7 Å². The van der Waals surface area contributed by atoms with Gasteiger partial charge in [-0.05, 0) is 35.7 Å². The molecule has 0 bridgehead atoms. The molecule has 1 amide bonds. The number of halogens is 3. The number of ether oxygens (including phenoxy) is 1. The minimum absolute atomic E-state index is 0.0703. The molecule has 0 atom stereocenters. The SMILES string of the molecule is COc1ncc(C#C[Si](C)(C)C)cc1-c1ccc(C(F)(F)F)cc1CCC(N)=O. The lowest BCUT2D eigenvalue weighted by atomic mass is 9.94. The number of nitrogens with two attached hydrogens (primary N) is 1. The molecule has 1 aromatic carbocycles. The Labute approximate surface area is 169 Å². The predicted octanol–water partition coefficient (Wildman–Crippen LogP) is 4.42. The first kappa shape index (κ1) is 22.5. The van der Waals surface area contributed by atoms with E-state index in [0.717, 1.165) is 12.1 Å². The Morgan fingerprint density at radius 1 is 1.21 bits per heavy atom. The van der Waals surface area contributed by atoms with E-state index in [1.807, 2.05) is 0 Å². The van der Waals surface area contributed by atoms with E-state index in [1.165, 1.54) is 13.2 Å². The molecule has 0 aliphatic rings. The molecular weight excluding hydrogens is 397 g/mol. The smallest absolute Gasteiger partial charge is 0.416 e. The van der Waals surface area contributed by atoms with Gasteiger partial charge in [-0.3, -0.25) is 4.79 Å². The van der Waals surface area contributed by atoms with Crippen molar-refractivity contribution in [3.05, 3.63) is 47.2 Å². The first-order chi connectivity index (χ1) is 13.4. The Morgan fingerprint density at radius 3 is 2.45 bits per heavy atom. The Hall–Kier alpha value is -2.79. The number of alkyl halides is 3. The number of amides is 1. The van der Waals surface area contributed by atoms with Gasteiger partial charge in [-0.1, -0.05) is 31.6 Å². The number of methoxy groups -OCH3 is 1.